The summed E-state index contributed by atoms with van der Waals surface area (Å²) < 4.78 is 10.6. The van der Waals surface area contributed by atoms with Gasteiger partial charge in [0.2, 0.25) is 0 Å². The van der Waals surface area contributed by atoms with Gasteiger partial charge in [-0.05, 0) is 24.5 Å². The topological polar surface area (TPSA) is 102 Å². The summed E-state index contributed by atoms with van der Waals surface area (Å²) in [6.45, 7) is 3.16. The molecule has 16 heavy (non-hydrogen) atoms. The fourth-order valence-electron chi connectivity index (χ4n) is 0.923. The number of nitrogens with two attached hydrogens (primary N) is 1. The Kier molecular flexibility index (Phi) is 9.87. The molecule has 1 atom stereocenters. The molecule has 0 saturated heterocycles. The summed E-state index contributed by atoms with van der Waals surface area (Å²) in [5.41, 5.74) is 5.96. The molecule has 2 N–H and O–H groups in total. The third kappa shape index (κ3) is 5.56. The van der Waals surface area contributed by atoms with Crippen LogP contribution >= 0.6 is 7.60 Å². The maximum atomic E-state index is 10.6. The first-order valence-electron chi connectivity index (χ1n) is 3.80. The van der Waals surface area contributed by atoms with Gasteiger partial charge in [0.25, 0.3) is 0 Å². The van der Waals surface area contributed by atoms with Crippen LogP contribution in [0, 0.1) is 0 Å². The van der Waals surface area contributed by atoms with Gasteiger partial charge >= 0.3 is 59.1 Å². The van der Waals surface area contributed by atoms with Crippen molar-refractivity contribution in [3.63, 3.8) is 0 Å². The quantitative estimate of drug-likeness (QED) is 0.429. The van der Waals surface area contributed by atoms with E-state index in [2.05, 4.69) is 11.6 Å². The van der Waals surface area contributed by atoms with Gasteiger partial charge in [0.1, 0.15) is 0 Å². The molecule has 0 amide bonds. The van der Waals surface area contributed by atoms with Crippen LogP contribution in [0.2, 0.25) is 0 Å². The standard InChI is InChI=1S/C8H11N2O3P.2Na/c1-6(14(11,12)13)8(9)7-3-2-4-10-5-7;;/h2-5,8H,1,9H2,(H2,11,12,13);;/q;2*+1/p-2. The van der Waals surface area contributed by atoms with Crippen LogP contribution in [0.4, 0.5) is 0 Å². The number of rotatable bonds is 3. The van der Waals surface area contributed by atoms with Gasteiger partial charge in [-0.25, -0.2) is 0 Å². The van der Waals surface area contributed by atoms with E-state index in [9.17, 15) is 14.4 Å². The first kappa shape index (κ1) is 19.3. The molecule has 1 rings (SSSR count). The first-order valence-corrected chi connectivity index (χ1v) is 5.34. The van der Waals surface area contributed by atoms with Crippen molar-refractivity contribution in [1.82, 2.24) is 4.98 Å². The van der Waals surface area contributed by atoms with E-state index in [1.807, 2.05) is 0 Å². The largest absolute Gasteiger partial charge is 1.00 e. The van der Waals surface area contributed by atoms with Crippen LogP contribution in [0.25, 0.3) is 0 Å². The minimum Gasteiger partial charge on any atom is -0.808 e. The molecule has 1 aromatic rings. The molecule has 8 heteroatoms. The molecular formula is C8H9N2Na2O3P. The third-order valence-corrected chi connectivity index (χ3v) is 2.74. The van der Waals surface area contributed by atoms with Crippen LogP contribution in [0.3, 0.4) is 0 Å². The molecule has 0 radical (unpaired) electrons. The smallest absolute Gasteiger partial charge is 0.808 e. The maximum Gasteiger partial charge on any atom is 1.00 e. The van der Waals surface area contributed by atoms with Gasteiger partial charge in [0, 0.05) is 12.4 Å². The normalized spacial score (nSPS) is 11.9. The average molecular weight is 258 g/mol. The van der Waals surface area contributed by atoms with E-state index in [1.54, 1.807) is 12.1 Å². The summed E-state index contributed by atoms with van der Waals surface area (Å²) in [5.74, 6) is 0. The van der Waals surface area contributed by atoms with Crippen LogP contribution in [0.15, 0.2) is 36.4 Å². The van der Waals surface area contributed by atoms with Crippen molar-refractivity contribution >= 4 is 7.60 Å². The summed E-state index contributed by atoms with van der Waals surface area (Å²) in [4.78, 5) is 25.0. The van der Waals surface area contributed by atoms with Crippen LogP contribution in [0.5, 0.6) is 0 Å². The minimum absolute atomic E-state index is 0. The van der Waals surface area contributed by atoms with Crippen molar-refractivity contribution in [3.05, 3.63) is 42.0 Å². The van der Waals surface area contributed by atoms with Crippen molar-refractivity contribution < 1.29 is 73.5 Å². The first-order chi connectivity index (χ1) is 6.43. The summed E-state index contributed by atoms with van der Waals surface area (Å²) in [6.07, 6.45) is 2.92. The van der Waals surface area contributed by atoms with Gasteiger partial charge in [0.15, 0.2) is 0 Å². The van der Waals surface area contributed by atoms with E-state index in [0.29, 0.717) is 5.56 Å². The van der Waals surface area contributed by atoms with Crippen LogP contribution in [-0.4, -0.2) is 4.98 Å². The molecular weight excluding hydrogens is 249 g/mol. The molecule has 0 fully saturated rings. The summed E-state index contributed by atoms with van der Waals surface area (Å²) in [6, 6.07) is 2.17. The predicted molar refractivity (Wildman–Crippen MR) is 47.9 cm³/mol. The molecule has 0 aliphatic carbocycles. The van der Waals surface area contributed by atoms with E-state index in [4.69, 9.17) is 5.73 Å². The second kappa shape index (κ2) is 8.16. The summed E-state index contributed by atoms with van der Waals surface area (Å²) in [7, 11) is -4.83. The fourth-order valence-corrected chi connectivity index (χ4v) is 1.41. The Bertz CT molecular complexity index is 382. The molecule has 0 aliphatic heterocycles. The molecule has 76 valence electrons. The zero-order valence-corrected chi connectivity index (χ0v) is 14.2. The number of pyridine rings is 1. The molecule has 1 heterocycles. The van der Waals surface area contributed by atoms with Crippen molar-refractivity contribution in [3.8, 4) is 0 Å². The Morgan fingerprint density at radius 1 is 1.50 bits per heavy atom. The van der Waals surface area contributed by atoms with E-state index < -0.39 is 19.0 Å². The minimum atomic E-state index is -4.83. The van der Waals surface area contributed by atoms with Gasteiger partial charge in [-0.15, -0.1) is 0 Å². The second-order valence-electron chi connectivity index (χ2n) is 2.75. The molecule has 0 aliphatic rings. The van der Waals surface area contributed by atoms with E-state index >= 15 is 0 Å². The van der Waals surface area contributed by atoms with E-state index in [0.717, 1.165) is 0 Å². The monoisotopic (exact) mass is 258 g/mol. The Morgan fingerprint density at radius 3 is 2.44 bits per heavy atom. The number of aromatic nitrogens is 1. The van der Waals surface area contributed by atoms with Crippen molar-refractivity contribution in [2.24, 2.45) is 5.73 Å². The van der Waals surface area contributed by atoms with Gasteiger partial charge in [0.05, 0.1) is 6.04 Å². The Hall–Kier alpha value is 1.00. The van der Waals surface area contributed by atoms with E-state index in [-0.39, 0.29) is 59.1 Å². The Labute approximate surface area is 138 Å². The van der Waals surface area contributed by atoms with Crippen LogP contribution in [-0.2, 0) is 4.57 Å². The molecule has 1 aromatic heterocycles. The van der Waals surface area contributed by atoms with Crippen LogP contribution < -0.4 is 74.6 Å². The molecule has 0 bridgehead atoms. The van der Waals surface area contributed by atoms with Crippen molar-refractivity contribution in [2.75, 3.05) is 0 Å². The van der Waals surface area contributed by atoms with Gasteiger partial charge < -0.3 is 20.1 Å². The zero-order chi connectivity index (χ0) is 10.8. The number of nitrogens with zero attached hydrogens (tertiary/aromatic N) is 1. The van der Waals surface area contributed by atoms with Gasteiger partial charge in [-0.1, -0.05) is 12.6 Å². The predicted octanol–water partition coefficient (Wildman–Crippen LogP) is -6.48. The van der Waals surface area contributed by atoms with Crippen molar-refractivity contribution in [2.45, 2.75) is 6.04 Å². The SMILES string of the molecule is C=C(C(N)c1cccnc1)P(=O)([O-])[O-].[Na+].[Na+]. The maximum absolute atomic E-state index is 10.6. The Morgan fingerprint density at radius 2 is 2.06 bits per heavy atom. The molecule has 0 aromatic carbocycles. The van der Waals surface area contributed by atoms with Gasteiger partial charge in [-0.2, -0.15) is 0 Å². The second-order valence-corrected chi connectivity index (χ2v) is 4.32. The van der Waals surface area contributed by atoms with Crippen LogP contribution in [0.1, 0.15) is 11.6 Å². The average Bonchev–Trinajstić information content (AvgIpc) is 2.15. The summed E-state index contributed by atoms with van der Waals surface area (Å²) >= 11 is 0. The Balaban J connectivity index is 0. The third-order valence-electron chi connectivity index (χ3n) is 1.75. The molecule has 1 unspecified atom stereocenters. The summed E-state index contributed by atoms with van der Waals surface area (Å²) in [5, 5.41) is -0.523. The number of hydrogen-bond acceptors (Lipinski definition) is 5. The van der Waals surface area contributed by atoms with Crippen molar-refractivity contribution in [1.29, 1.82) is 0 Å². The molecule has 0 spiro atoms. The molecule has 0 saturated carbocycles. The van der Waals surface area contributed by atoms with E-state index in [1.165, 1.54) is 12.4 Å². The zero-order valence-electron chi connectivity index (χ0n) is 9.29. The molecule has 5 nitrogen and oxygen atoms in total. The fraction of sp³-hybridized carbons (Fsp3) is 0.125. The number of hydrogen-bond donors (Lipinski definition) is 1. The van der Waals surface area contributed by atoms with Gasteiger partial charge in [-0.3, -0.25) is 4.98 Å².